The van der Waals surface area contributed by atoms with E-state index in [1.807, 2.05) is 18.2 Å². The minimum atomic E-state index is -0.287. The largest absolute Gasteiger partial charge is 0.381 e. The fourth-order valence-electron chi connectivity index (χ4n) is 2.30. The zero-order chi connectivity index (χ0) is 17.9. The summed E-state index contributed by atoms with van der Waals surface area (Å²) in [4.78, 5) is 23.1. The van der Waals surface area contributed by atoms with Crippen LogP contribution in [-0.4, -0.2) is 31.6 Å². The third-order valence-electron chi connectivity index (χ3n) is 3.66. The predicted octanol–water partition coefficient (Wildman–Crippen LogP) is 3.66. The summed E-state index contributed by atoms with van der Waals surface area (Å²) in [7, 11) is 0. The second kappa shape index (κ2) is 10.3. The minimum Gasteiger partial charge on any atom is -0.381 e. The molecule has 5 nitrogen and oxygen atoms in total. The predicted molar refractivity (Wildman–Crippen MR) is 99.0 cm³/mol. The second-order valence-electron chi connectivity index (χ2n) is 5.72. The van der Waals surface area contributed by atoms with Gasteiger partial charge in [-0.15, -0.1) is 0 Å². The molecule has 2 N–H and O–H groups in total. The summed E-state index contributed by atoms with van der Waals surface area (Å²) < 4.78 is 5.57. The van der Waals surface area contributed by atoms with Gasteiger partial charge in [0.15, 0.2) is 5.78 Å². The van der Waals surface area contributed by atoms with Gasteiger partial charge in [-0.25, -0.2) is 4.79 Å². The molecule has 2 amide bonds. The number of ketones is 1. The molecule has 0 radical (unpaired) electrons. The number of urea groups is 1. The SMILES string of the molecule is CC(=O)c1cccc(NC(=O)NCCCOCCc2ccccc2)c1. The lowest BCUT2D eigenvalue weighted by Crippen LogP contribution is -2.30. The van der Waals surface area contributed by atoms with Crippen LogP contribution in [-0.2, 0) is 11.2 Å². The van der Waals surface area contributed by atoms with Crippen LogP contribution < -0.4 is 10.6 Å². The standard InChI is InChI=1S/C20H24N2O3/c1-16(23)18-9-5-10-19(15-18)22-20(24)21-12-6-13-25-14-11-17-7-3-2-4-8-17/h2-5,7-10,15H,6,11-14H2,1H3,(H2,21,22,24). The van der Waals surface area contributed by atoms with Crippen molar-refractivity contribution in [2.24, 2.45) is 0 Å². The van der Waals surface area contributed by atoms with E-state index in [9.17, 15) is 9.59 Å². The summed E-state index contributed by atoms with van der Waals surface area (Å²) in [6.07, 6.45) is 1.64. The van der Waals surface area contributed by atoms with Crippen LogP contribution in [0.2, 0.25) is 0 Å². The molecule has 132 valence electrons. The van der Waals surface area contributed by atoms with Crippen molar-refractivity contribution in [3.05, 3.63) is 65.7 Å². The van der Waals surface area contributed by atoms with Gasteiger partial charge in [-0.05, 0) is 37.5 Å². The van der Waals surface area contributed by atoms with Crippen LogP contribution in [0.1, 0.15) is 29.3 Å². The van der Waals surface area contributed by atoms with Gasteiger partial charge in [0.1, 0.15) is 0 Å². The molecule has 0 atom stereocenters. The highest BCUT2D eigenvalue weighted by Crippen LogP contribution is 2.10. The normalized spacial score (nSPS) is 10.3. The first-order valence-corrected chi connectivity index (χ1v) is 8.42. The molecule has 2 aromatic rings. The number of ether oxygens (including phenoxy) is 1. The first kappa shape index (κ1) is 18.7. The van der Waals surface area contributed by atoms with Gasteiger partial charge in [-0.3, -0.25) is 4.79 Å². The van der Waals surface area contributed by atoms with E-state index in [2.05, 4.69) is 22.8 Å². The average molecular weight is 340 g/mol. The van der Waals surface area contributed by atoms with Crippen molar-refractivity contribution in [2.45, 2.75) is 19.8 Å². The molecule has 0 bridgehead atoms. The molecule has 0 aliphatic carbocycles. The maximum absolute atomic E-state index is 11.8. The number of nitrogens with one attached hydrogen (secondary N) is 2. The quantitative estimate of drug-likeness (QED) is 0.541. The van der Waals surface area contributed by atoms with Crippen molar-refractivity contribution in [3.63, 3.8) is 0 Å². The maximum atomic E-state index is 11.8. The van der Waals surface area contributed by atoms with Crippen LogP contribution >= 0.6 is 0 Å². The van der Waals surface area contributed by atoms with Gasteiger partial charge >= 0.3 is 6.03 Å². The molecule has 0 spiro atoms. The van der Waals surface area contributed by atoms with Crippen LogP contribution in [0, 0.1) is 0 Å². The number of hydrogen-bond acceptors (Lipinski definition) is 3. The Morgan fingerprint density at radius 1 is 1.00 bits per heavy atom. The molecule has 0 aromatic heterocycles. The van der Waals surface area contributed by atoms with Gasteiger partial charge < -0.3 is 15.4 Å². The highest BCUT2D eigenvalue weighted by Gasteiger charge is 2.04. The molecule has 0 heterocycles. The smallest absolute Gasteiger partial charge is 0.319 e. The molecule has 0 saturated heterocycles. The zero-order valence-electron chi connectivity index (χ0n) is 14.5. The Morgan fingerprint density at radius 2 is 1.80 bits per heavy atom. The summed E-state index contributed by atoms with van der Waals surface area (Å²) in [5.74, 6) is -0.0308. The summed E-state index contributed by atoms with van der Waals surface area (Å²) in [5.41, 5.74) is 2.43. The fourth-order valence-corrected chi connectivity index (χ4v) is 2.30. The first-order chi connectivity index (χ1) is 12.1. The van der Waals surface area contributed by atoms with E-state index in [4.69, 9.17) is 4.74 Å². The number of rotatable bonds is 9. The summed E-state index contributed by atoms with van der Waals surface area (Å²) in [6, 6.07) is 16.8. The van der Waals surface area contributed by atoms with Gasteiger partial charge in [0, 0.05) is 24.4 Å². The number of anilines is 1. The Balaban J connectivity index is 1.56. The molecule has 0 aliphatic rings. The Kier molecular flexibility index (Phi) is 7.66. The van der Waals surface area contributed by atoms with Crippen LogP contribution in [0.15, 0.2) is 54.6 Å². The molecule has 25 heavy (non-hydrogen) atoms. The van der Waals surface area contributed by atoms with Crippen LogP contribution in [0.25, 0.3) is 0 Å². The number of benzene rings is 2. The van der Waals surface area contributed by atoms with E-state index in [-0.39, 0.29) is 11.8 Å². The Hall–Kier alpha value is -2.66. The third-order valence-corrected chi connectivity index (χ3v) is 3.66. The Morgan fingerprint density at radius 3 is 2.56 bits per heavy atom. The highest BCUT2D eigenvalue weighted by molar-refractivity contribution is 5.96. The van der Waals surface area contributed by atoms with Crippen LogP contribution in [0.3, 0.4) is 0 Å². The number of Topliss-reactive ketones (excluding diaryl/α,β-unsaturated/α-hetero) is 1. The molecule has 0 aliphatic heterocycles. The molecule has 5 heteroatoms. The molecule has 0 fully saturated rings. The lowest BCUT2D eigenvalue weighted by atomic mass is 10.1. The number of amides is 2. The van der Waals surface area contributed by atoms with Crippen LogP contribution in [0.5, 0.6) is 0 Å². The zero-order valence-corrected chi connectivity index (χ0v) is 14.5. The second-order valence-corrected chi connectivity index (χ2v) is 5.72. The number of carbonyl (C=O) groups excluding carboxylic acids is 2. The van der Waals surface area contributed by atoms with Crippen LogP contribution in [0.4, 0.5) is 10.5 Å². The maximum Gasteiger partial charge on any atom is 0.319 e. The molecule has 2 rings (SSSR count). The van der Waals surface area contributed by atoms with E-state index < -0.39 is 0 Å². The van der Waals surface area contributed by atoms with Gasteiger partial charge in [-0.1, -0.05) is 42.5 Å². The molecule has 2 aromatic carbocycles. The van der Waals surface area contributed by atoms with Crippen molar-refractivity contribution < 1.29 is 14.3 Å². The summed E-state index contributed by atoms with van der Waals surface area (Å²) in [5, 5.41) is 5.49. The molecule has 0 unspecified atom stereocenters. The van der Waals surface area contributed by atoms with E-state index in [0.29, 0.717) is 31.0 Å². The fraction of sp³-hybridized carbons (Fsp3) is 0.300. The van der Waals surface area contributed by atoms with Crippen molar-refractivity contribution in [1.29, 1.82) is 0 Å². The van der Waals surface area contributed by atoms with Gasteiger partial charge in [0.2, 0.25) is 0 Å². The van der Waals surface area contributed by atoms with E-state index in [0.717, 1.165) is 12.8 Å². The molecule has 0 saturated carbocycles. The lowest BCUT2D eigenvalue weighted by Gasteiger charge is -2.09. The Bertz CT molecular complexity index is 686. The highest BCUT2D eigenvalue weighted by atomic mass is 16.5. The topological polar surface area (TPSA) is 67.4 Å². The lowest BCUT2D eigenvalue weighted by molar-refractivity contribution is 0.101. The number of hydrogen-bond donors (Lipinski definition) is 2. The Labute approximate surface area is 148 Å². The minimum absolute atomic E-state index is 0.0308. The monoisotopic (exact) mass is 340 g/mol. The van der Waals surface area contributed by atoms with E-state index in [1.165, 1.54) is 12.5 Å². The molecular formula is C20H24N2O3. The summed E-state index contributed by atoms with van der Waals surface area (Å²) in [6.45, 7) is 3.31. The first-order valence-electron chi connectivity index (χ1n) is 8.42. The average Bonchev–Trinajstić information content (AvgIpc) is 2.62. The molecular weight excluding hydrogens is 316 g/mol. The van der Waals surface area contributed by atoms with Gasteiger partial charge in [0.05, 0.1) is 6.61 Å². The van der Waals surface area contributed by atoms with E-state index >= 15 is 0 Å². The number of carbonyl (C=O) groups is 2. The van der Waals surface area contributed by atoms with Crippen molar-refractivity contribution in [2.75, 3.05) is 25.1 Å². The summed E-state index contributed by atoms with van der Waals surface area (Å²) >= 11 is 0. The van der Waals surface area contributed by atoms with Crippen molar-refractivity contribution in [3.8, 4) is 0 Å². The van der Waals surface area contributed by atoms with Gasteiger partial charge in [0.25, 0.3) is 0 Å². The van der Waals surface area contributed by atoms with Crippen molar-refractivity contribution >= 4 is 17.5 Å². The van der Waals surface area contributed by atoms with Gasteiger partial charge in [-0.2, -0.15) is 0 Å². The third kappa shape index (κ3) is 7.18. The van der Waals surface area contributed by atoms with E-state index in [1.54, 1.807) is 24.3 Å². The van der Waals surface area contributed by atoms with Crippen molar-refractivity contribution in [1.82, 2.24) is 5.32 Å².